The van der Waals surface area contributed by atoms with Crippen molar-refractivity contribution in [3.63, 3.8) is 0 Å². The molecule has 3 aliphatic heterocycles. The summed E-state index contributed by atoms with van der Waals surface area (Å²) in [5, 5.41) is 2.31. The molecule has 3 aliphatic rings. The van der Waals surface area contributed by atoms with Crippen LogP contribution in [0.1, 0.15) is 46.5 Å². The predicted octanol–water partition coefficient (Wildman–Crippen LogP) is 4.17. The molecule has 2 aromatic rings. The Bertz CT molecular complexity index is 875. The lowest BCUT2D eigenvalue weighted by molar-refractivity contribution is 0.0812. The van der Waals surface area contributed by atoms with Gasteiger partial charge in [-0.05, 0) is 80.5 Å². The first-order chi connectivity index (χ1) is 14.2. The van der Waals surface area contributed by atoms with Crippen molar-refractivity contribution in [1.82, 2.24) is 9.80 Å². The van der Waals surface area contributed by atoms with Crippen LogP contribution >= 0.6 is 11.3 Å². The molecule has 5 nitrogen and oxygen atoms in total. The number of likely N-dealkylation sites (tertiary alicyclic amines) is 2. The van der Waals surface area contributed by atoms with E-state index in [1.807, 2.05) is 29.5 Å². The highest BCUT2D eigenvalue weighted by Gasteiger charge is 2.28. The molecule has 1 atom stereocenters. The maximum absolute atomic E-state index is 13.1. The largest absolute Gasteiger partial charge is 0.454 e. The Hall–Kier alpha value is -1.89. The third-order valence-corrected chi connectivity index (χ3v) is 7.20. The van der Waals surface area contributed by atoms with Crippen molar-refractivity contribution in [3.8, 4) is 11.5 Å². The third kappa shape index (κ3) is 4.34. The first kappa shape index (κ1) is 19.1. The number of fused-ring (bicyclic) bond motifs is 1. The van der Waals surface area contributed by atoms with E-state index in [1.165, 1.54) is 36.4 Å². The van der Waals surface area contributed by atoms with Crippen molar-refractivity contribution >= 4 is 17.1 Å². The van der Waals surface area contributed by atoms with E-state index >= 15 is 0 Å². The Balaban J connectivity index is 1.19. The van der Waals surface area contributed by atoms with Crippen LogP contribution in [0.4, 0.5) is 0 Å². The number of piperidine rings is 1. The number of benzene rings is 1. The van der Waals surface area contributed by atoms with Gasteiger partial charge in [-0.2, -0.15) is 0 Å². The summed E-state index contributed by atoms with van der Waals surface area (Å²) >= 11 is 1.86. The highest BCUT2D eigenvalue weighted by atomic mass is 32.1. The van der Waals surface area contributed by atoms with E-state index in [0.717, 1.165) is 50.3 Å². The molecule has 4 heterocycles. The number of hydrogen-bond donors (Lipinski definition) is 0. The van der Waals surface area contributed by atoms with Gasteiger partial charge in [0.25, 0.3) is 0 Å². The van der Waals surface area contributed by atoms with E-state index < -0.39 is 0 Å². The number of carbonyl (C=O) groups is 1. The molecule has 0 saturated carbocycles. The summed E-state index contributed by atoms with van der Waals surface area (Å²) in [6.45, 7) is 6.67. The fourth-order valence-electron chi connectivity index (χ4n) is 4.71. The zero-order chi connectivity index (χ0) is 19.6. The fraction of sp³-hybridized carbons (Fsp3) is 0.522. The van der Waals surface area contributed by atoms with Crippen LogP contribution in [0, 0.1) is 5.92 Å². The Labute approximate surface area is 176 Å². The normalized spacial score (nSPS) is 22.3. The van der Waals surface area contributed by atoms with Gasteiger partial charge in [-0.25, -0.2) is 0 Å². The molecule has 0 N–H and O–H groups in total. The molecule has 0 bridgehead atoms. The number of ether oxygens (including phenoxy) is 2. The maximum Gasteiger partial charge on any atom is 0.231 e. The SMILES string of the molecule is O=C(c1ccc2c(c1)OCO2)[C@H]1CCCN(Cc2cc(CN3CCCC3)cs2)C1. The molecule has 1 aromatic carbocycles. The highest BCUT2D eigenvalue weighted by molar-refractivity contribution is 7.10. The molecule has 0 amide bonds. The lowest BCUT2D eigenvalue weighted by Crippen LogP contribution is -2.38. The van der Waals surface area contributed by atoms with Crippen LogP contribution in [0.3, 0.4) is 0 Å². The third-order valence-electron chi connectivity index (χ3n) is 6.23. The van der Waals surface area contributed by atoms with E-state index in [9.17, 15) is 4.79 Å². The average molecular weight is 413 g/mol. The van der Waals surface area contributed by atoms with Crippen molar-refractivity contribution in [2.24, 2.45) is 5.92 Å². The lowest BCUT2D eigenvalue weighted by Gasteiger charge is -2.31. The molecule has 2 saturated heterocycles. The van der Waals surface area contributed by atoms with Gasteiger partial charge in [0, 0.05) is 36.0 Å². The van der Waals surface area contributed by atoms with Crippen LogP contribution in [0.15, 0.2) is 29.6 Å². The summed E-state index contributed by atoms with van der Waals surface area (Å²) in [6, 6.07) is 7.93. The summed E-state index contributed by atoms with van der Waals surface area (Å²) < 4.78 is 10.8. The zero-order valence-electron chi connectivity index (χ0n) is 16.8. The Morgan fingerprint density at radius 1 is 1.00 bits per heavy atom. The Morgan fingerprint density at radius 2 is 1.83 bits per heavy atom. The van der Waals surface area contributed by atoms with Gasteiger partial charge >= 0.3 is 0 Å². The predicted molar refractivity (Wildman–Crippen MR) is 114 cm³/mol. The molecule has 154 valence electrons. The van der Waals surface area contributed by atoms with Gasteiger partial charge in [0.2, 0.25) is 6.79 Å². The quantitative estimate of drug-likeness (QED) is 0.666. The van der Waals surface area contributed by atoms with Gasteiger partial charge in [-0.15, -0.1) is 11.3 Å². The van der Waals surface area contributed by atoms with Crippen molar-refractivity contribution in [2.45, 2.75) is 38.8 Å². The van der Waals surface area contributed by atoms with Crippen molar-refractivity contribution in [3.05, 3.63) is 45.6 Å². The smallest absolute Gasteiger partial charge is 0.231 e. The van der Waals surface area contributed by atoms with E-state index in [4.69, 9.17) is 9.47 Å². The molecule has 1 aromatic heterocycles. The Kier molecular flexibility index (Phi) is 5.57. The Morgan fingerprint density at radius 3 is 2.72 bits per heavy atom. The maximum atomic E-state index is 13.1. The fourth-order valence-corrected chi connectivity index (χ4v) is 5.63. The minimum absolute atomic E-state index is 0.0631. The second-order valence-electron chi connectivity index (χ2n) is 8.41. The zero-order valence-corrected chi connectivity index (χ0v) is 17.6. The minimum atomic E-state index is 0.0631. The van der Waals surface area contributed by atoms with E-state index in [2.05, 4.69) is 21.2 Å². The van der Waals surface area contributed by atoms with Gasteiger partial charge in [0.1, 0.15) is 0 Å². The first-order valence-corrected chi connectivity index (χ1v) is 11.6. The molecule has 2 fully saturated rings. The second kappa shape index (κ2) is 8.46. The topological polar surface area (TPSA) is 42.0 Å². The molecular formula is C23H28N2O3S. The van der Waals surface area contributed by atoms with Gasteiger partial charge in [-0.1, -0.05) is 0 Å². The minimum Gasteiger partial charge on any atom is -0.454 e. The van der Waals surface area contributed by atoms with Gasteiger partial charge in [0.05, 0.1) is 0 Å². The molecule has 5 rings (SSSR count). The summed E-state index contributed by atoms with van der Waals surface area (Å²) in [7, 11) is 0. The average Bonchev–Trinajstić information content (AvgIpc) is 3.50. The number of thiophene rings is 1. The van der Waals surface area contributed by atoms with E-state index in [-0.39, 0.29) is 18.5 Å². The second-order valence-corrected chi connectivity index (χ2v) is 9.41. The van der Waals surface area contributed by atoms with Crippen LogP contribution in [0.25, 0.3) is 0 Å². The first-order valence-electron chi connectivity index (χ1n) is 10.7. The molecular weight excluding hydrogens is 384 g/mol. The summed E-state index contributed by atoms with van der Waals surface area (Å²) in [5.41, 5.74) is 2.18. The van der Waals surface area contributed by atoms with Crippen molar-refractivity contribution in [1.29, 1.82) is 0 Å². The molecule has 0 aliphatic carbocycles. The highest BCUT2D eigenvalue weighted by Crippen LogP contribution is 2.34. The van der Waals surface area contributed by atoms with Gasteiger partial charge in [-0.3, -0.25) is 14.6 Å². The number of hydrogen-bond acceptors (Lipinski definition) is 6. The van der Waals surface area contributed by atoms with Crippen LogP contribution < -0.4 is 9.47 Å². The van der Waals surface area contributed by atoms with Gasteiger partial charge in [0.15, 0.2) is 17.3 Å². The molecule has 0 unspecified atom stereocenters. The van der Waals surface area contributed by atoms with E-state index in [0.29, 0.717) is 5.75 Å². The molecule has 0 radical (unpaired) electrons. The van der Waals surface area contributed by atoms with Crippen LogP contribution in [0.2, 0.25) is 0 Å². The molecule has 0 spiro atoms. The number of carbonyl (C=O) groups excluding carboxylic acids is 1. The monoisotopic (exact) mass is 412 g/mol. The lowest BCUT2D eigenvalue weighted by atomic mass is 9.90. The number of ketones is 1. The van der Waals surface area contributed by atoms with Crippen LogP contribution in [0.5, 0.6) is 11.5 Å². The summed E-state index contributed by atoms with van der Waals surface area (Å²) in [4.78, 5) is 19.5. The van der Waals surface area contributed by atoms with E-state index in [1.54, 1.807) is 0 Å². The van der Waals surface area contributed by atoms with Crippen LogP contribution in [-0.2, 0) is 13.1 Å². The van der Waals surface area contributed by atoms with Crippen molar-refractivity contribution in [2.75, 3.05) is 33.0 Å². The number of rotatable bonds is 6. The number of nitrogens with zero attached hydrogens (tertiary/aromatic N) is 2. The van der Waals surface area contributed by atoms with Crippen LogP contribution in [-0.4, -0.2) is 48.6 Å². The standard InChI is InChI=1S/C23H28N2O3S/c26-23(18-5-6-21-22(11-18)28-16-27-21)19-4-3-9-25(13-19)14-20-10-17(15-29-20)12-24-7-1-2-8-24/h5-6,10-11,15,19H,1-4,7-9,12-14,16H2/t19-/m0/s1. The molecule has 6 heteroatoms. The molecule has 29 heavy (non-hydrogen) atoms. The number of Topliss-reactive ketones (excluding diaryl/α,β-unsaturated/α-hetero) is 1. The summed E-state index contributed by atoms with van der Waals surface area (Å²) in [6.07, 6.45) is 4.72. The van der Waals surface area contributed by atoms with Crippen molar-refractivity contribution < 1.29 is 14.3 Å². The summed E-state index contributed by atoms with van der Waals surface area (Å²) in [5.74, 6) is 1.71. The van der Waals surface area contributed by atoms with Gasteiger partial charge < -0.3 is 9.47 Å².